The van der Waals surface area contributed by atoms with Crippen molar-refractivity contribution in [2.24, 2.45) is 0 Å². The first-order chi connectivity index (χ1) is 8.93. The van der Waals surface area contributed by atoms with Gasteiger partial charge in [-0.15, -0.1) is 0 Å². The number of unbranched alkanes of at least 4 members (excludes halogenated alkanes) is 1. The van der Waals surface area contributed by atoms with E-state index >= 15 is 0 Å². The maximum Gasteiger partial charge on any atom is 0.322 e. The first-order valence-electron chi connectivity index (χ1n) is 7.50. The molecule has 0 saturated heterocycles. The summed E-state index contributed by atoms with van der Waals surface area (Å²) in [7, 11) is 1.46. The van der Waals surface area contributed by atoms with Crippen LogP contribution in [0.1, 0.15) is 53.9 Å². The molecule has 19 heavy (non-hydrogen) atoms. The lowest BCUT2D eigenvalue weighted by Crippen LogP contribution is -2.45. The van der Waals surface area contributed by atoms with Crippen LogP contribution in [-0.2, 0) is 9.53 Å². The molecule has 0 spiro atoms. The zero-order valence-electron chi connectivity index (χ0n) is 13.5. The summed E-state index contributed by atoms with van der Waals surface area (Å²) in [6.07, 6.45) is 3.00. The van der Waals surface area contributed by atoms with Gasteiger partial charge in [-0.05, 0) is 34.1 Å². The summed E-state index contributed by atoms with van der Waals surface area (Å²) in [5.41, 5.74) is 0. The van der Waals surface area contributed by atoms with Crippen molar-refractivity contribution in [2.75, 3.05) is 20.2 Å². The van der Waals surface area contributed by atoms with E-state index in [0.29, 0.717) is 12.1 Å². The molecule has 0 fully saturated rings. The predicted molar refractivity (Wildman–Crippen MR) is 80.3 cm³/mol. The molecular weight excluding hydrogens is 240 g/mol. The molecule has 4 nitrogen and oxygen atoms in total. The van der Waals surface area contributed by atoms with E-state index in [4.69, 9.17) is 4.74 Å². The van der Waals surface area contributed by atoms with Gasteiger partial charge in [-0.1, -0.05) is 19.8 Å². The second kappa shape index (κ2) is 10.2. The van der Waals surface area contributed by atoms with Gasteiger partial charge < -0.3 is 10.1 Å². The fourth-order valence-corrected chi connectivity index (χ4v) is 2.33. The normalized spacial score (nSPS) is 13.3. The van der Waals surface area contributed by atoms with Crippen LogP contribution in [0, 0.1) is 0 Å². The second-order valence-corrected chi connectivity index (χ2v) is 5.60. The summed E-state index contributed by atoms with van der Waals surface area (Å²) in [5.74, 6) is -0.144. The predicted octanol–water partition coefficient (Wildman–Crippen LogP) is 2.43. The second-order valence-electron chi connectivity index (χ2n) is 5.60. The Hall–Kier alpha value is -0.610. The minimum Gasteiger partial charge on any atom is -0.468 e. The number of esters is 1. The molecule has 0 saturated carbocycles. The minimum absolute atomic E-state index is 0.144. The van der Waals surface area contributed by atoms with E-state index in [0.717, 1.165) is 32.4 Å². The van der Waals surface area contributed by atoms with E-state index in [1.165, 1.54) is 7.11 Å². The number of methoxy groups -OCH3 is 1. The standard InChI is InChI=1S/C15H32N2O2/c1-7-8-9-14(15(18)19-6)16-10-11-17(12(2)3)13(4)5/h12-14,16H,7-11H2,1-6H3. The van der Waals surface area contributed by atoms with Gasteiger partial charge in [0.15, 0.2) is 0 Å². The molecule has 0 aromatic carbocycles. The highest BCUT2D eigenvalue weighted by Crippen LogP contribution is 2.05. The number of ether oxygens (including phenoxy) is 1. The van der Waals surface area contributed by atoms with Gasteiger partial charge in [-0.3, -0.25) is 9.69 Å². The number of rotatable bonds is 10. The zero-order chi connectivity index (χ0) is 14.8. The summed E-state index contributed by atoms with van der Waals surface area (Å²) in [4.78, 5) is 14.1. The van der Waals surface area contributed by atoms with Crippen LogP contribution in [-0.4, -0.2) is 49.2 Å². The third-order valence-corrected chi connectivity index (χ3v) is 3.42. The van der Waals surface area contributed by atoms with E-state index in [1.54, 1.807) is 0 Å². The molecule has 0 aliphatic carbocycles. The molecular formula is C15H32N2O2. The van der Waals surface area contributed by atoms with Crippen LogP contribution >= 0.6 is 0 Å². The van der Waals surface area contributed by atoms with Gasteiger partial charge in [0.25, 0.3) is 0 Å². The van der Waals surface area contributed by atoms with Crippen LogP contribution in [0.15, 0.2) is 0 Å². The van der Waals surface area contributed by atoms with Crippen molar-refractivity contribution in [3.8, 4) is 0 Å². The molecule has 0 aromatic heterocycles. The Morgan fingerprint density at radius 1 is 1.21 bits per heavy atom. The van der Waals surface area contributed by atoms with E-state index in [-0.39, 0.29) is 12.0 Å². The highest BCUT2D eigenvalue weighted by molar-refractivity contribution is 5.75. The lowest BCUT2D eigenvalue weighted by molar-refractivity contribution is -0.143. The largest absolute Gasteiger partial charge is 0.468 e. The summed E-state index contributed by atoms with van der Waals surface area (Å²) < 4.78 is 4.85. The first kappa shape index (κ1) is 18.4. The quantitative estimate of drug-likeness (QED) is 0.620. The third kappa shape index (κ3) is 7.53. The Morgan fingerprint density at radius 2 is 1.79 bits per heavy atom. The lowest BCUT2D eigenvalue weighted by Gasteiger charge is -2.31. The van der Waals surface area contributed by atoms with Gasteiger partial charge in [-0.2, -0.15) is 0 Å². The van der Waals surface area contributed by atoms with Crippen LogP contribution in [0.5, 0.6) is 0 Å². The Labute approximate surface area is 118 Å². The molecule has 1 unspecified atom stereocenters. The molecule has 0 aromatic rings. The Balaban J connectivity index is 4.19. The van der Waals surface area contributed by atoms with Crippen LogP contribution < -0.4 is 5.32 Å². The van der Waals surface area contributed by atoms with E-state index in [1.807, 2.05) is 0 Å². The molecule has 0 radical (unpaired) electrons. The SMILES string of the molecule is CCCCC(NCCN(C(C)C)C(C)C)C(=O)OC. The lowest BCUT2D eigenvalue weighted by atomic mass is 10.1. The van der Waals surface area contributed by atoms with Crippen molar-refractivity contribution < 1.29 is 9.53 Å². The molecule has 0 bridgehead atoms. The number of nitrogens with zero attached hydrogens (tertiary/aromatic N) is 1. The van der Waals surface area contributed by atoms with Gasteiger partial charge in [0, 0.05) is 25.2 Å². The molecule has 0 aliphatic rings. The monoisotopic (exact) mass is 272 g/mol. The van der Waals surface area contributed by atoms with E-state index in [9.17, 15) is 4.79 Å². The highest BCUT2D eigenvalue weighted by atomic mass is 16.5. The van der Waals surface area contributed by atoms with Gasteiger partial charge in [-0.25, -0.2) is 0 Å². The van der Waals surface area contributed by atoms with Gasteiger partial charge in [0.2, 0.25) is 0 Å². The number of nitrogens with one attached hydrogen (secondary N) is 1. The molecule has 4 heteroatoms. The van der Waals surface area contributed by atoms with Gasteiger partial charge in [0.05, 0.1) is 7.11 Å². The van der Waals surface area contributed by atoms with Gasteiger partial charge >= 0.3 is 5.97 Å². The third-order valence-electron chi connectivity index (χ3n) is 3.42. The van der Waals surface area contributed by atoms with Crippen LogP contribution in [0.4, 0.5) is 0 Å². The molecule has 0 aliphatic heterocycles. The van der Waals surface area contributed by atoms with Crippen molar-refractivity contribution in [1.29, 1.82) is 0 Å². The Morgan fingerprint density at radius 3 is 2.21 bits per heavy atom. The van der Waals surface area contributed by atoms with Crippen molar-refractivity contribution in [3.63, 3.8) is 0 Å². The van der Waals surface area contributed by atoms with Crippen molar-refractivity contribution >= 4 is 5.97 Å². The average molecular weight is 272 g/mol. The fourth-order valence-electron chi connectivity index (χ4n) is 2.33. The summed E-state index contributed by atoms with van der Waals surface area (Å²) in [6.45, 7) is 12.7. The maximum absolute atomic E-state index is 11.7. The number of hydrogen-bond acceptors (Lipinski definition) is 4. The molecule has 114 valence electrons. The number of hydrogen-bond donors (Lipinski definition) is 1. The maximum atomic E-state index is 11.7. The summed E-state index contributed by atoms with van der Waals surface area (Å²) >= 11 is 0. The Kier molecular flexibility index (Phi) is 9.88. The number of carbonyl (C=O) groups excluding carboxylic acids is 1. The first-order valence-corrected chi connectivity index (χ1v) is 7.50. The van der Waals surface area contributed by atoms with E-state index < -0.39 is 0 Å². The smallest absolute Gasteiger partial charge is 0.322 e. The van der Waals surface area contributed by atoms with Crippen LogP contribution in [0.2, 0.25) is 0 Å². The van der Waals surface area contributed by atoms with Crippen LogP contribution in [0.25, 0.3) is 0 Å². The van der Waals surface area contributed by atoms with Crippen molar-refractivity contribution in [3.05, 3.63) is 0 Å². The Bertz CT molecular complexity index is 234. The fraction of sp³-hybridized carbons (Fsp3) is 0.933. The van der Waals surface area contributed by atoms with Crippen molar-refractivity contribution in [1.82, 2.24) is 10.2 Å². The number of carbonyl (C=O) groups is 1. The summed E-state index contributed by atoms with van der Waals surface area (Å²) in [6, 6.07) is 0.883. The molecule has 1 atom stereocenters. The summed E-state index contributed by atoms with van der Waals surface area (Å²) in [5, 5.41) is 3.33. The minimum atomic E-state index is -0.161. The molecule has 0 amide bonds. The average Bonchev–Trinajstić information content (AvgIpc) is 2.36. The van der Waals surface area contributed by atoms with E-state index in [2.05, 4.69) is 44.8 Å². The zero-order valence-corrected chi connectivity index (χ0v) is 13.5. The molecule has 0 rings (SSSR count). The van der Waals surface area contributed by atoms with Crippen molar-refractivity contribution in [2.45, 2.75) is 72.0 Å². The topological polar surface area (TPSA) is 41.6 Å². The highest BCUT2D eigenvalue weighted by Gasteiger charge is 2.19. The van der Waals surface area contributed by atoms with Gasteiger partial charge in [0.1, 0.15) is 6.04 Å². The molecule has 1 N–H and O–H groups in total. The van der Waals surface area contributed by atoms with Crippen LogP contribution in [0.3, 0.4) is 0 Å². The molecule has 0 heterocycles.